The van der Waals surface area contributed by atoms with Gasteiger partial charge in [0.15, 0.2) is 11.7 Å². The van der Waals surface area contributed by atoms with Gasteiger partial charge in [0.2, 0.25) is 0 Å². The zero-order chi connectivity index (χ0) is 9.68. The van der Waals surface area contributed by atoms with Crippen LogP contribution in [0.15, 0.2) is 4.99 Å². The van der Waals surface area contributed by atoms with E-state index in [2.05, 4.69) is 4.99 Å². The predicted octanol–water partition coefficient (Wildman–Crippen LogP) is 0.409. The molecule has 4 N–H and O–H groups in total. The van der Waals surface area contributed by atoms with E-state index in [-0.39, 0.29) is 24.2 Å². The standard InChI is InChI=1S/C9H17N3O/c10-9(11)12-6-8(13)7-4-2-1-3-5-7/h7H,1-6H2,(H4,10,11,12). The van der Waals surface area contributed by atoms with Crippen LogP contribution in [0.25, 0.3) is 0 Å². The second-order valence-corrected chi connectivity index (χ2v) is 3.54. The molecule has 0 bridgehead atoms. The number of ketones is 1. The van der Waals surface area contributed by atoms with Crippen LogP contribution in [0, 0.1) is 5.92 Å². The maximum Gasteiger partial charge on any atom is 0.186 e. The Hall–Kier alpha value is -1.06. The molecule has 0 aromatic heterocycles. The number of nitrogens with two attached hydrogens (primary N) is 2. The summed E-state index contributed by atoms with van der Waals surface area (Å²) in [7, 11) is 0. The number of guanidine groups is 1. The summed E-state index contributed by atoms with van der Waals surface area (Å²) in [4.78, 5) is 15.2. The Balaban J connectivity index is 2.33. The van der Waals surface area contributed by atoms with Gasteiger partial charge < -0.3 is 11.5 Å². The molecule has 0 amide bonds. The number of Topliss-reactive ketones (excluding diaryl/α,β-unsaturated/α-hetero) is 1. The van der Waals surface area contributed by atoms with Gasteiger partial charge in [0.25, 0.3) is 0 Å². The molecule has 0 heterocycles. The molecule has 1 rings (SSSR count). The maximum absolute atomic E-state index is 11.5. The zero-order valence-corrected chi connectivity index (χ0v) is 7.83. The van der Waals surface area contributed by atoms with Gasteiger partial charge in [-0.15, -0.1) is 0 Å². The fraction of sp³-hybridized carbons (Fsp3) is 0.778. The molecule has 1 saturated carbocycles. The molecule has 0 aromatic rings. The summed E-state index contributed by atoms with van der Waals surface area (Å²) in [5.41, 5.74) is 10.3. The summed E-state index contributed by atoms with van der Waals surface area (Å²) in [6.07, 6.45) is 5.61. The molecule has 0 radical (unpaired) electrons. The molecular weight excluding hydrogens is 166 g/mol. The van der Waals surface area contributed by atoms with Gasteiger partial charge >= 0.3 is 0 Å². The number of rotatable bonds is 3. The van der Waals surface area contributed by atoms with E-state index in [1.54, 1.807) is 0 Å². The minimum atomic E-state index is 0.00385. The largest absolute Gasteiger partial charge is 0.370 e. The molecule has 1 fully saturated rings. The maximum atomic E-state index is 11.5. The quantitative estimate of drug-likeness (QED) is 0.491. The molecule has 4 nitrogen and oxygen atoms in total. The van der Waals surface area contributed by atoms with E-state index in [1.807, 2.05) is 0 Å². The van der Waals surface area contributed by atoms with Crippen molar-refractivity contribution in [2.75, 3.05) is 6.54 Å². The van der Waals surface area contributed by atoms with Crippen LogP contribution in [0.1, 0.15) is 32.1 Å². The molecule has 0 unspecified atom stereocenters. The summed E-state index contributed by atoms with van der Waals surface area (Å²) in [5, 5.41) is 0. The molecule has 13 heavy (non-hydrogen) atoms. The van der Waals surface area contributed by atoms with Crippen LogP contribution in [-0.2, 0) is 4.79 Å². The fourth-order valence-corrected chi connectivity index (χ4v) is 1.72. The Kier molecular flexibility index (Phi) is 3.73. The van der Waals surface area contributed by atoms with Gasteiger partial charge in [-0.1, -0.05) is 19.3 Å². The lowest BCUT2D eigenvalue weighted by molar-refractivity contribution is -0.122. The lowest BCUT2D eigenvalue weighted by atomic mass is 9.86. The summed E-state index contributed by atoms with van der Waals surface area (Å²) in [6, 6.07) is 0. The predicted molar refractivity (Wildman–Crippen MR) is 52.3 cm³/mol. The molecule has 1 aliphatic carbocycles. The molecule has 4 heteroatoms. The SMILES string of the molecule is NC(N)=NCC(=O)C1CCCCC1. The molecule has 0 atom stereocenters. The highest BCUT2D eigenvalue weighted by atomic mass is 16.1. The third-order valence-corrected chi connectivity index (χ3v) is 2.48. The normalized spacial score (nSPS) is 18.2. The van der Waals surface area contributed by atoms with Crippen LogP contribution < -0.4 is 11.5 Å². The van der Waals surface area contributed by atoms with Crippen LogP contribution in [-0.4, -0.2) is 18.3 Å². The monoisotopic (exact) mass is 183 g/mol. The number of carbonyl (C=O) groups is 1. The minimum absolute atomic E-state index is 0.00385. The van der Waals surface area contributed by atoms with Crippen molar-refractivity contribution in [1.29, 1.82) is 0 Å². The van der Waals surface area contributed by atoms with Crippen molar-refractivity contribution in [2.24, 2.45) is 22.4 Å². The number of hydrogen-bond donors (Lipinski definition) is 2. The molecule has 0 spiro atoms. The van der Waals surface area contributed by atoms with Gasteiger partial charge in [-0.2, -0.15) is 0 Å². The van der Waals surface area contributed by atoms with E-state index in [9.17, 15) is 4.79 Å². The number of aliphatic imine (C=N–C) groups is 1. The molecule has 0 aromatic carbocycles. The molecule has 0 saturated heterocycles. The topological polar surface area (TPSA) is 81.5 Å². The lowest BCUT2D eigenvalue weighted by Crippen LogP contribution is -2.26. The van der Waals surface area contributed by atoms with Crippen molar-refractivity contribution in [2.45, 2.75) is 32.1 Å². The highest BCUT2D eigenvalue weighted by molar-refractivity contribution is 5.86. The van der Waals surface area contributed by atoms with Gasteiger partial charge in [-0.25, -0.2) is 4.99 Å². The zero-order valence-electron chi connectivity index (χ0n) is 7.83. The Morgan fingerprint density at radius 3 is 2.38 bits per heavy atom. The van der Waals surface area contributed by atoms with E-state index in [0.717, 1.165) is 25.7 Å². The Morgan fingerprint density at radius 2 is 1.85 bits per heavy atom. The Morgan fingerprint density at radius 1 is 1.23 bits per heavy atom. The highest BCUT2D eigenvalue weighted by Gasteiger charge is 2.20. The number of hydrogen-bond acceptors (Lipinski definition) is 2. The van der Waals surface area contributed by atoms with Crippen LogP contribution in [0.5, 0.6) is 0 Å². The van der Waals surface area contributed by atoms with Crippen LogP contribution in [0.3, 0.4) is 0 Å². The van der Waals surface area contributed by atoms with Crippen LogP contribution in [0.2, 0.25) is 0 Å². The average molecular weight is 183 g/mol. The van der Waals surface area contributed by atoms with Crippen molar-refractivity contribution in [3.63, 3.8) is 0 Å². The van der Waals surface area contributed by atoms with Gasteiger partial charge in [-0.05, 0) is 12.8 Å². The van der Waals surface area contributed by atoms with Crippen molar-refractivity contribution >= 4 is 11.7 Å². The van der Waals surface area contributed by atoms with Gasteiger partial charge in [0.1, 0.15) is 6.54 Å². The Bertz CT molecular complexity index is 203. The van der Waals surface area contributed by atoms with Gasteiger partial charge in [0, 0.05) is 5.92 Å². The van der Waals surface area contributed by atoms with E-state index in [4.69, 9.17) is 11.5 Å². The Labute approximate surface area is 78.4 Å². The van der Waals surface area contributed by atoms with Gasteiger partial charge in [0.05, 0.1) is 0 Å². The third kappa shape index (κ3) is 3.44. The van der Waals surface area contributed by atoms with Gasteiger partial charge in [-0.3, -0.25) is 4.79 Å². The van der Waals surface area contributed by atoms with Crippen LogP contribution >= 0.6 is 0 Å². The number of nitrogens with zero attached hydrogens (tertiary/aromatic N) is 1. The van der Waals surface area contributed by atoms with Crippen molar-refractivity contribution in [3.8, 4) is 0 Å². The first kappa shape index (κ1) is 10.0. The average Bonchev–Trinajstić information content (AvgIpc) is 2.15. The summed E-state index contributed by atoms with van der Waals surface area (Å²) in [6.45, 7) is 0.160. The first-order chi connectivity index (χ1) is 6.20. The number of carbonyl (C=O) groups excluding carboxylic acids is 1. The summed E-state index contributed by atoms with van der Waals surface area (Å²) < 4.78 is 0. The second kappa shape index (κ2) is 4.84. The van der Waals surface area contributed by atoms with Crippen molar-refractivity contribution < 1.29 is 4.79 Å². The van der Waals surface area contributed by atoms with E-state index in [1.165, 1.54) is 6.42 Å². The smallest absolute Gasteiger partial charge is 0.186 e. The molecular formula is C9H17N3O. The van der Waals surface area contributed by atoms with Crippen LogP contribution in [0.4, 0.5) is 0 Å². The molecule has 1 aliphatic rings. The highest BCUT2D eigenvalue weighted by Crippen LogP contribution is 2.24. The summed E-state index contributed by atoms with van der Waals surface area (Å²) in [5.74, 6) is 0.397. The fourth-order valence-electron chi connectivity index (χ4n) is 1.72. The van der Waals surface area contributed by atoms with E-state index >= 15 is 0 Å². The van der Waals surface area contributed by atoms with Crippen molar-refractivity contribution in [3.05, 3.63) is 0 Å². The van der Waals surface area contributed by atoms with Crippen molar-refractivity contribution in [1.82, 2.24) is 0 Å². The molecule has 74 valence electrons. The van der Waals surface area contributed by atoms with E-state index < -0.39 is 0 Å². The summed E-state index contributed by atoms with van der Waals surface area (Å²) >= 11 is 0. The molecule has 0 aliphatic heterocycles. The second-order valence-electron chi connectivity index (χ2n) is 3.54. The first-order valence-corrected chi connectivity index (χ1v) is 4.78. The van der Waals surface area contributed by atoms with E-state index in [0.29, 0.717) is 0 Å². The third-order valence-electron chi connectivity index (χ3n) is 2.48. The minimum Gasteiger partial charge on any atom is -0.370 e. The lowest BCUT2D eigenvalue weighted by Gasteiger charge is -2.19. The first-order valence-electron chi connectivity index (χ1n) is 4.78.